The Bertz CT molecular complexity index is 300. The first-order valence-corrected chi connectivity index (χ1v) is 5.22. The molecular formula is C8H7Cl2N3S. The lowest BCUT2D eigenvalue weighted by Gasteiger charge is -2.03. The Balaban J connectivity index is 0.000000146. The zero-order valence-electron chi connectivity index (χ0n) is 7.02. The first-order valence-electron chi connectivity index (χ1n) is 3.65. The lowest BCUT2D eigenvalue weighted by molar-refractivity contribution is 1.17. The summed E-state index contributed by atoms with van der Waals surface area (Å²) in [4.78, 5) is 7.35. The maximum atomic E-state index is 5.57. The van der Waals surface area contributed by atoms with E-state index in [1.54, 1.807) is 30.7 Å². The van der Waals surface area contributed by atoms with Crippen molar-refractivity contribution in [3.05, 3.63) is 46.5 Å². The van der Waals surface area contributed by atoms with Crippen LogP contribution in [0.2, 0.25) is 0 Å². The zero-order valence-corrected chi connectivity index (χ0v) is 9.35. The van der Waals surface area contributed by atoms with E-state index in [1.165, 1.54) is 18.3 Å². The fraction of sp³-hybridized carbons (Fsp3) is 0. The highest BCUT2D eigenvalue weighted by Gasteiger charge is 2.01. The Morgan fingerprint density at radius 2 is 1.93 bits per heavy atom. The number of hydrogen-bond donors (Lipinski definition) is 1. The van der Waals surface area contributed by atoms with E-state index in [4.69, 9.17) is 23.2 Å². The number of nitrogens with one attached hydrogen (secondary N) is 1. The van der Waals surface area contributed by atoms with E-state index >= 15 is 0 Å². The van der Waals surface area contributed by atoms with E-state index < -0.39 is 0 Å². The molecule has 74 valence electrons. The highest BCUT2D eigenvalue weighted by molar-refractivity contribution is 8.03. The van der Waals surface area contributed by atoms with Crippen molar-refractivity contribution in [1.29, 1.82) is 0 Å². The normalized spacial score (nSPS) is 14.1. The Morgan fingerprint density at radius 1 is 1.21 bits per heavy atom. The molecule has 0 aliphatic carbocycles. The molecule has 0 spiro atoms. The number of halogens is 2. The van der Waals surface area contributed by atoms with Gasteiger partial charge in [0.25, 0.3) is 0 Å². The van der Waals surface area contributed by atoms with Crippen LogP contribution in [0.25, 0.3) is 0 Å². The summed E-state index contributed by atoms with van der Waals surface area (Å²) in [7, 11) is 0. The van der Waals surface area contributed by atoms with Crippen molar-refractivity contribution in [2.24, 2.45) is 0 Å². The lowest BCUT2D eigenvalue weighted by Crippen LogP contribution is -1.94. The smallest absolute Gasteiger partial charge is 0.115 e. The summed E-state index contributed by atoms with van der Waals surface area (Å²) < 4.78 is 3.42. The maximum absolute atomic E-state index is 5.57. The van der Waals surface area contributed by atoms with Gasteiger partial charge in [-0.05, 0) is 24.1 Å². The highest BCUT2D eigenvalue weighted by atomic mass is 35.5. The zero-order chi connectivity index (χ0) is 10.2. The molecule has 0 unspecified atom stereocenters. The average Bonchev–Trinajstić information content (AvgIpc) is 2.26. The molecule has 0 saturated carbocycles. The van der Waals surface area contributed by atoms with Gasteiger partial charge in [0, 0.05) is 18.6 Å². The van der Waals surface area contributed by atoms with Crippen LogP contribution in [-0.4, -0.2) is 9.97 Å². The van der Waals surface area contributed by atoms with Gasteiger partial charge < -0.3 is 4.72 Å². The molecule has 2 heterocycles. The summed E-state index contributed by atoms with van der Waals surface area (Å²) in [6.45, 7) is 0. The molecular weight excluding hydrogens is 241 g/mol. The van der Waals surface area contributed by atoms with Crippen LogP contribution in [0.4, 0.5) is 0 Å². The van der Waals surface area contributed by atoms with Crippen molar-refractivity contribution in [1.82, 2.24) is 14.7 Å². The first kappa shape index (κ1) is 11.4. The Kier molecular flexibility index (Phi) is 5.44. The number of allylic oxidation sites excluding steroid dienone is 2. The molecule has 0 aromatic carbocycles. The Labute approximate surface area is 96.4 Å². The first-order chi connectivity index (χ1) is 6.80. The molecule has 1 aliphatic heterocycles. The van der Waals surface area contributed by atoms with Gasteiger partial charge in [0.05, 0.1) is 5.03 Å². The third-order valence-corrected chi connectivity index (χ3v) is 2.72. The average molecular weight is 248 g/mol. The van der Waals surface area contributed by atoms with Gasteiger partial charge in [-0.2, -0.15) is 0 Å². The summed E-state index contributed by atoms with van der Waals surface area (Å²) in [5.41, 5.74) is 0. The van der Waals surface area contributed by atoms with Crippen LogP contribution in [0.3, 0.4) is 0 Å². The topological polar surface area (TPSA) is 37.8 Å². The van der Waals surface area contributed by atoms with Crippen molar-refractivity contribution in [2.75, 3.05) is 0 Å². The SMILES string of the molecule is ClC1=C(Cl)SNC=C1.c1cncnc1. The Morgan fingerprint density at radius 3 is 2.21 bits per heavy atom. The largest absolute Gasteiger partial charge is 0.332 e. The third-order valence-electron chi connectivity index (χ3n) is 1.11. The monoisotopic (exact) mass is 247 g/mol. The number of hydrogen-bond acceptors (Lipinski definition) is 4. The van der Waals surface area contributed by atoms with Crippen molar-refractivity contribution in [3.8, 4) is 0 Å². The van der Waals surface area contributed by atoms with Gasteiger partial charge in [-0.1, -0.05) is 23.2 Å². The predicted octanol–water partition coefficient (Wildman–Crippen LogP) is 2.87. The van der Waals surface area contributed by atoms with Gasteiger partial charge in [0.15, 0.2) is 0 Å². The van der Waals surface area contributed by atoms with Crippen molar-refractivity contribution < 1.29 is 0 Å². The van der Waals surface area contributed by atoms with Crippen LogP contribution in [-0.2, 0) is 0 Å². The molecule has 0 bridgehead atoms. The summed E-state index contributed by atoms with van der Waals surface area (Å²) in [6, 6.07) is 1.78. The summed E-state index contributed by atoms with van der Waals surface area (Å²) in [5.74, 6) is 0. The highest BCUT2D eigenvalue weighted by Crippen LogP contribution is 2.27. The number of nitrogens with zero attached hydrogens (tertiary/aromatic N) is 2. The Hall–Kier alpha value is -0.710. The third kappa shape index (κ3) is 4.50. The van der Waals surface area contributed by atoms with Crippen LogP contribution in [0.1, 0.15) is 0 Å². The number of rotatable bonds is 0. The second-order valence-electron chi connectivity index (χ2n) is 2.08. The van der Waals surface area contributed by atoms with E-state index in [1.807, 2.05) is 0 Å². The standard InChI is InChI=1S/C4H3Cl2NS.C4H4N2/c5-3-1-2-7-8-4(3)6;1-2-5-4-6-3-1/h1-2,7H;1-4H. The fourth-order valence-electron chi connectivity index (χ4n) is 0.561. The summed E-state index contributed by atoms with van der Waals surface area (Å²) in [6.07, 6.45) is 8.32. The van der Waals surface area contributed by atoms with Crippen molar-refractivity contribution in [2.45, 2.75) is 0 Å². The molecule has 0 fully saturated rings. The molecule has 2 rings (SSSR count). The van der Waals surface area contributed by atoms with E-state index in [0.717, 1.165) is 0 Å². The van der Waals surface area contributed by atoms with E-state index in [9.17, 15) is 0 Å². The molecule has 3 nitrogen and oxygen atoms in total. The predicted molar refractivity (Wildman–Crippen MR) is 60.6 cm³/mol. The second kappa shape index (κ2) is 6.70. The lowest BCUT2D eigenvalue weighted by atomic mass is 10.6. The molecule has 14 heavy (non-hydrogen) atoms. The van der Waals surface area contributed by atoms with Crippen LogP contribution < -0.4 is 4.72 Å². The van der Waals surface area contributed by atoms with Crippen LogP contribution in [0.5, 0.6) is 0 Å². The molecule has 1 aromatic rings. The molecule has 0 saturated heterocycles. The number of aromatic nitrogens is 2. The fourth-order valence-corrected chi connectivity index (χ4v) is 1.34. The molecule has 0 atom stereocenters. The minimum atomic E-state index is 0.592. The van der Waals surface area contributed by atoms with E-state index in [0.29, 0.717) is 9.40 Å². The summed E-state index contributed by atoms with van der Waals surface area (Å²) >= 11 is 12.4. The van der Waals surface area contributed by atoms with E-state index in [-0.39, 0.29) is 0 Å². The van der Waals surface area contributed by atoms with Gasteiger partial charge >= 0.3 is 0 Å². The van der Waals surface area contributed by atoms with Gasteiger partial charge in [-0.25, -0.2) is 9.97 Å². The van der Waals surface area contributed by atoms with Gasteiger partial charge in [-0.15, -0.1) is 0 Å². The molecule has 1 aromatic heterocycles. The molecule has 1 N–H and O–H groups in total. The summed E-state index contributed by atoms with van der Waals surface area (Å²) in [5, 5.41) is 0.593. The van der Waals surface area contributed by atoms with Gasteiger partial charge in [0.2, 0.25) is 0 Å². The van der Waals surface area contributed by atoms with Crippen molar-refractivity contribution in [3.63, 3.8) is 0 Å². The van der Waals surface area contributed by atoms with Gasteiger partial charge in [-0.3, -0.25) is 0 Å². The van der Waals surface area contributed by atoms with Crippen LogP contribution >= 0.6 is 35.1 Å². The van der Waals surface area contributed by atoms with E-state index in [2.05, 4.69) is 14.7 Å². The molecule has 6 heteroatoms. The maximum Gasteiger partial charge on any atom is 0.115 e. The van der Waals surface area contributed by atoms with Crippen LogP contribution in [0.15, 0.2) is 46.5 Å². The quantitative estimate of drug-likeness (QED) is 0.716. The molecule has 0 radical (unpaired) electrons. The molecule has 1 aliphatic rings. The minimum absolute atomic E-state index is 0.592. The second-order valence-corrected chi connectivity index (χ2v) is 3.94. The molecule has 0 amide bonds. The van der Waals surface area contributed by atoms with Crippen LogP contribution in [0, 0.1) is 0 Å². The van der Waals surface area contributed by atoms with Gasteiger partial charge in [0.1, 0.15) is 10.7 Å². The van der Waals surface area contributed by atoms with Crippen molar-refractivity contribution >= 4 is 35.1 Å². The minimum Gasteiger partial charge on any atom is -0.332 e.